The molecule has 1 aromatic rings. The molecule has 0 fully saturated rings. The molecule has 3 N–H and O–H groups in total. The van der Waals surface area contributed by atoms with Crippen LogP contribution in [0.4, 0.5) is 0 Å². The average Bonchev–Trinajstić information content (AvgIpc) is 2.33. The molecule has 0 aliphatic carbocycles. The van der Waals surface area contributed by atoms with E-state index in [-0.39, 0.29) is 11.2 Å². The summed E-state index contributed by atoms with van der Waals surface area (Å²) in [5.74, 6) is 0.130. The molecule has 0 radical (unpaired) electrons. The summed E-state index contributed by atoms with van der Waals surface area (Å²) in [5, 5.41) is 9.80. The highest BCUT2D eigenvalue weighted by molar-refractivity contribution is 6.32. The molecule has 0 aliphatic heterocycles. The Balaban J connectivity index is 2.71. The fourth-order valence-corrected chi connectivity index (χ4v) is 2.06. The van der Waals surface area contributed by atoms with E-state index in [0.29, 0.717) is 11.6 Å². The first-order chi connectivity index (χ1) is 8.38. The molecule has 0 saturated heterocycles. The molecule has 0 unspecified atom stereocenters. The third-order valence-corrected chi connectivity index (χ3v) is 3.37. The molecule has 0 aromatic heterocycles. The van der Waals surface area contributed by atoms with Crippen molar-refractivity contribution in [2.75, 3.05) is 19.6 Å². The van der Waals surface area contributed by atoms with Crippen molar-refractivity contribution in [1.29, 1.82) is 0 Å². The van der Waals surface area contributed by atoms with E-state index in [1.807, 2.05) is 12.1 Å². The summed E-state index contributed by atoms with van der Waals surface area (Å²) in [6.45, 7) is 9.85. The number of nitrogens with two attached hydrogens (primary N) is 1. The standard InChI is InChI=1S/C14H23ClN2O/c1-4-17(10-14(2,3)9-16)8-11-5-6-13(18)12(15)7-11/h5-7,18H,4,8-10,16H2,1-3H3. The van der Waals surface area contributed by atoms with Gasteiger partial charge in [-0.1, -0.05) is 38.4 Å². The maximum atomic E-state index is 9.40. The van der Waals surface area contributed by atoms with E-state index in [2.05, 4.69) is 25.7 Å². The van der Waals surface area contributed by atoms with Gasteiger partial charge in [-0.05, 0) is 36.2 Å². The van der Waals surface area contributed by atoms with E-state index in [9.17, 15) is 5.11 Å². The molecule has 1 rings (SSSR count). The Morgan fingerprint density at radius 2 is 2.06 bits per heavy atom. The number of aromatic hydroxyl groups is 1. The molecule has 1 aromatic carbocycles. The second-order valence-electron chi connectivity index (χ2n) is 5.46. The molecule has 0 amide bonds. The predicted octanol–water partition coefficient (Wildman–Crippen LogP) is 2.85. The van der Waals surface area contributed by atoms with Crippen LogP contribution in [0.1, 0.15) is 26.3 Å². The number of benzene rings is 1. The first-order valence-corrected chi connectivity index (χ1v) is 6.65. The summed E-state index contributed by atoms with van der Waals surface area (Å²) < 4.78 is 0. The van der Waals surface area contributed by atoms with E-state index in [4.69, 9.17) is 17.3 Å². The minimum Gasteiger partial charge on any atom is -0.506 e. The van der Waals surface area contributed by atoms with Gasteiger partial charge in [-0.15, -0.1) is 0 Å². The predicted molar refractivity (Wildman–Crippen MR) is 76.9 cm³/mol. The quantitative estimate of drug-likeness (QED) is 0.836. The molecule has 102 valence electrons. The zero-order valence-corrected chi connectivity index (χ0v) is 12.2. The Hall–Kier alpha value is -0.770. The zero-order chi connectivity index (χ0) is 13.8. The topological polar surface area (TPSA) is 49.5 Å². The molecule has 0 spiro atoms. The summed E-state index contributed by atoms with van der Waals surface area (Å²) in [7, 11) is 0. The van der Waals surface area contributed by atoms with Crippen LogP contribution in [0.5, 0.6) is 5.75 Å². The highest BCUT2D eigenvalue weighted by Gasteiger charge is 2.19. The largest absolute Gasteiger partial charge is 0.506 e. The van der Waals surface area contributed by atoms with Crippen molar-refractivity contribution in [3.63, 3.8) is 0 Å². The normalized spacial score (nSPS) is 12.1. The van der Waals surface area contributed by atoms with E-state index in [1.165, 1.54) is 0 Å². The van der Waals surface area contributed by atoms with Crippen molar-refractivity contribution in [3.05, 3.63) is 28.8 Å². The van der Waals surface area contributed by atoms with E-state index < -0.39 is 0 Å². The van der Waals surface area contributed by atoms with Crippen LogP contribution < -0.4 is 5.73 Å². The van der Waals surface area contributed by atoms with Gasteiger partial charge in [0.15, 0.2) is 0 Å². The summed E-state index contributed by atoms with van der Waals surface area (Å²) in [5.41, 5.74) is 6.98. The lowest BCUT2D eigenvalue weighted by Gasteiger charge is -2.31. The molecule has 0 aliphatic rings. The fourth-order valence-electron chi connectivity index (χ4n) is 1.86. The van der Waals surface area contributed by atoms with Gasteiger partial charge in [0, 0.05) is 13.1 Å². The summed E-state index contributed by atoms with van der Waals surface area (Å²) in [6, 6.07) is 5.36. The Morgan fingerprint density at radius 1 is 1.39 bits per heavy atom. The molecule has 0 atom stereocenters. The second kappa shape index (κ2) is 6.41. The number of halogens is 1. The monoisotopic (exact) mass is 270 g/mol. The van der Waals surface area contributed by atoms with E-state index in [1.54, 1.807) is 6.07 Å². The minimum atomic E-state index is 0.108. The number of nitrogens with zero attached hydrogens (tertiary/aromatic N) is 1. The highest BCUT2D eigenvalue weighted by atomic mass is 35.5. The van der Waals surface area contributed by atoms with Crippen molar-refractivity contribution in [1.82, 2.24) is 4.90 Å². The van der Waals surface area contributed by atoms with Gasteiger partial charge < -0.3 is 10.8 Å². The SMILES string of the molecule is CCN(Cc1ccc(O)c(Cl)c1)CC(C)(C)CN. The maximum absolute atomic E-state index is 9.40. The summed E-state index contributed by atoms with van der Waals surface area (Å²) in [4.78, 5) is 2.33. The van der Waals surface area contributed by atoms with Gasteiger partial charge in [-0.25, -0.2) is 0 Å². The van der Waals surface area contributed by atoms with E-state index in [0.717, 1.165) is 25.2 Å². The minimum absolute atomic E-state index is 0.108. The second-order valence-corrected chi connectivity index (χ2v) is 5.86. The first-order valence-electron chi connectivity index (χ1n) is 6.28. The van der Waals surface area contributed by atoms with Crippen LogP contribution in [-0.4, -0.2) is 29.6 Å². The van der Waals surface area contributed by atoms with Gasteiger partial charge in [0.25, 0.3) is 0 Å². The summed E-state index contributed by atoms with van der Waals surface area (Å²) >= 11 is 5.91. The van der Waals surface area contributed by atoms with Crippen molar-refractivity contribution in [2.45, 2.75) is 27.3 Å². The zero-order valence-electron chi connectivity index (χ0n) is 11.4. The Bertz CT molecular complexity index is 393. The lowest BCUT2D eigenvalue weighted by molar-refractivity contribution is 0.183. The highest BCUT2D eigenvalue weighted by Crippen LogP contribution is 2.25. The molecular weight excluding hydrogens is 248 g/mol. The number of phenols is 1. The van der Waals surface area contributed by atoms with Crippen LogP contribution in [-0.2, 0) is 6.54 Å². The van der Waals surface area contributed by atoms with Gasteiger partial charge >= 0.3 is 0 Å². The molecule has 4 heteroatoms. The van der Waals surface area contributed by atoms with Gasteiger partial charge in [-0.3, -0.25) is 4.90 Å². The van der Waals surface area contributed by atoms with Gasteiger partial charge in [0.05, 0.1) is 5.02 Å². The van der Waals surface area contributed by atoms with E-state index >= 15 is 0 Å². The van der Waals surface area contributed by atoms with Crippen molar-refractivity contribution >= 4 is 11.6 Å². The van der Waals surface area contributed by atoms with Crippen LogP contribution in [0.2, 0.25) is 5.02 Å². The van der Waals surface area contributed by atoms with Gasteiger partial charge in [0.1, 0.15) is 5.75 Å². The Labute approximate surface area is 115 Å². The van der Waals surface area contributed by atoms with Crippen LogP contribution >= 0.6 is 11.6 Å². The third-order valence-electron chi connectivity index (χ3n) is 3.07. The first kappa shape index (κ1) is 15.3. The van der Waals surface area contributed by atoms with Crippen LogP contribution in [0, 0.1) is 5.41 Å². The average molecular weight is 271 g/mol. The number of phenolic OH excluding ortho intramolecular Hbond substituents is 1. The van der Waals surface area contributed by atoms with Crippen LogP contribution in [0.25, 0.3) is 0 Å². The lowest BCUT2D eigenvalue weighted by Crippen LogP contribution is -2.38. The molecule has 0 saturated carbocycles. The summed E-state index contributed by atoms with van der Waals surface area (Å²) in [6.07, 6.45) is 0. The Morgan fingerprint density at radius 3 is 2.56 bits per heavy atom. The Kier molecular flexibility index (Phi) is 5.45. The van der Waals surface area contributed by atoms with Crippen molar-refractivity contribution < 1.29 is 5.11 Å². The molecular formula is C14H23ClN2O. The number of rotatable bonds is 6. The number of hydrogen-bond donors (Lipinski definition) is 2. The van der Waals surface area contributed by atoms with Crippen molar-refractivity contribution in [3.8, 4) is 5.75 Å². The third kappa shape index (κ3) is 4.48. The molecule has 3 nitrogen and oxygen atoms in total. The fraction of sp³-hybridized carbons (Fsp3) is 0.571. The maximum Gasteiger partial charge on any atom is 0.134 e. The number of hydrogen-bond acceptors (Lipinski definition) is 3. The van der Waals surface area contributed by atoms with Crippen molar-refractivity contribution in [2.24, 2.45) is 11.1 Å². The van der Waals surface area contributed by atoms with Gasteiger partial charge in [-0.2, -0.15) is 0 Å². The molecule has 0 heterocycles. The molecule has 0 bridgehead atoms. The van der Waals surface area contributed by atoms with Crippen LogP contribution in [0.15, 0.2) is 18.2 Å². The lowest BCUT2D eigenvalue weighted by atomic mass is 9.93. The molecule has 18 heavy (non-hydrogen) atoms. The van der Waals surface area contributed by atoms with Crippen LogP contribution in [0.3, 0.4) is 0 Å². The smallest absolute Gasteiger partial charge is 0.134 e. The van der Waals surface area contributed by atoms with Gasteiger partial charge in [0.2, 0.25) is 0 Å².